The monoisotopic (exact) mass is 263 g/mol. The van der Waals surface area contributed by atoms with Crippen LogP contribution in [0, 0.1) is 16.7 Å². The molecule has 1 atom stereocenters. The van der Waals surface area contributed by atoms with Crippen molar-refractivity contribution in [1.82, 2.24) is 0 Å². The van der Waals surface area contributed by atoms with Crippen molar-refractivity contribution in [3.63, 3.8) is 0 Å². The summed E-state index contributed by atoms with van der Waals surface area (Å²) in [6.07, 6.45) is 0.694. The van der Waals surface area contributed by atoms with E-state index in [1.54, 1.807) is 12.1 Å². The Morgan fingerprint density at radius 2 is 2.33 bits per heavy atom. The number of amides is 1. The molecule has 2 rings (SSSR count). The van der Waals surface area contributed by atoms with Gasteiger partial charge in [-0.3, -0.25) is 4.79 Å². The summed E-state index contributed by atoms with van der Waals surface area (Å²) in [5.41, 5.74) is 6.11. The number of halogens is 1. The number of nitrogens with zero attached hydrogens (tertiary/aromatic N) is 2. The van der Waals surface area contributed by atoms with Crippen molar-refractivity contribution < 1.29 is 4.79 Å². The van der Waals surface area contributed by atoms with Gasteiger partial charge in [-0.1, -0.05) is 17.7 Å². The molecular formula is C13H14ClN3O. The van der Waals surface area contributed by atoms with Crippen LogP contribution in [0.2, 0.25) is 5.02 Å². The van der Waals surface area contributed by atoms with Gasteiger partial charge in [0.05, 0.1) is 21.7 Å². The maximum atomic E-state index is 11.4. The minimum absolute atomic E-state index is 0.300. The molecule has 4 nitrogen and oxygen atoms in total. The van der Waals surface area contributed by atoms with E-state index in [-0.39, 0.29) is 5.91 Å². The third-order valence-electron chi connectivity index (χ3n) is 3.51. The summed E-state index contributed by atoms with van der Waals surface area (Å²) >= 11 is 6.00. The summed E-state index contributed by atoms with van der Waals surface area (Å²) in [6.45, 7) is 3.08. The van der Waals surface area contributed by atoms with Gasteiger partial charge in [-0.05, 0) is 25.5 Å². The predicted molar refractivity (Wildman–Crippen MR) is 70.3 cm³/mol. The summed E-state index contributed by atoms with van der Waals surface area (Å²) in [5, 5.41) is 9.58. The third kappa shape index (κ3) is 2.02. The maximum Gasteiger partial charge on any atom is 0.225 e. The van der Waals surface area contributed by atoms with Gasteiger partial charge in [-0.25, -0.2) is 0 Å². The molecule has 94 valence electrons. The number of carbonyl (C=O) groups is 1. The minimum Gasteiger partial charge on any atom is -0.369 e. The van der Waals surface area contributed by atoms with E-state index in [0.717, 1.165) is 5.69 Å². The van der Waals surface area contributed by atoms with Gasteiger partial charge in [0.15, 0.2) is 0 Å². The molecular weight excluding hydrogens is 250 g/mol. The topological polar surface area (TPSA) is 70.1 Å². The predicted octanol–water partition coefficient (Wildman–Crippen LogP) is 1.91. The molecule has 0 saturated carbocycles. The molecule has 1 aromatic rings. The van der Waals surface area contributed by atoms with Crippen LogP contribution in [0.3, 0.4) is 0 Å². The number of benzene rings is 1. The van der Waals surface area contributed by atoms with Gasteiger partial charge in [0.25, 0.3) is 0 Å². The number of nitriles is 1. The first kappa shape index (κ1) is 12.7. The van der Waals surface area contributed by atoms with Crippen LogP contribution in [0.25, 0.3) is 0 Å². The Bertz CT molecular complexity index is 538. The molecule has 0 radical (unpaired) electrons. The van der Waals surface area contributed by atoms with E-state index in [1.807, 2.05) is 17.9 Å². The molecule has 1 unspecified atom stereocenters. The SMILES string of the molecule is CC1(C(N)=O)CCN(c2cccc(Cl)c2C#N)C1. The molecule has 1 fully saturated rings. The van der Waals surface area contributed by atoms with E-state index in [9.17, 15) is 4.79 Å². The summed E-state index contributed by atoms with van der Waals surface area (Å²) in [6, 6.07) is 7.44. The maximum absolute atomic E-state index is 11.4. The molecule has 1 heterocycles. The molecule has 1 aliphatic rings. The fourth-order valence-electron chi connectivity index (χ4n) is 2.25. The summed E-state index contributed by atoms with van der Waals surface area (Å²) in [7, 11) is 0. The van der Waals surface area contributed by atoms with Crippen LogP contribution >= 0.6 is 11.6 Å². The number of anilines is 1. The Balaban J connectivity index is 2.34. The Morgan fingerprint density at radius 3 is 2.89 bits per heavy atom. The molecule has 1 aliphatic heterocycles. The minimum atomic E-state index is -0.533. The van der Waals surface area contributed by atoms with Gasteiger partial charge in [-0.15, -0.1) is 0 Å². The normalized spacial score (nSPS) is 22.8. The fraction of sp³-hybridized carbons (Fsp3) is 0.385. The molecule has 0 spiro atoms. The molecule has 1 amide bonds. The van der Waals surface area contributed by atoms with Crippen LogP contribution in [-0.2, 0) is 4.79 Å². The van der Waals surface area contributed by atoms with Crippen molar-refractivity contribution in [2.45, 2.75) is 13.3 Å². The zero-order valence-electron chi connectivity index (χ0n) is 10.1. The summed E-state index contributed by atoms with van der Waals surface area (Å²) < 4.78 is 0. The first-order chi connectivity index (χ1) is 8.48. The number of carbonyl (C=O) groups excluding carboxylic acids is 1. The van der Waals surface area contributed by atoms with E-state index >= 15 is 0 Å². The van der Waals surface area contributed by atoms with Crippen molar-refractivity contribution in [1.29, 1.82) is 5.26 Å². The highest BCUT2D eigenvalue weighted by Crippen LogP contribution is 2.35. The van der Waals surface area contributed by atoms with Gasteiger partial charge in [0, 0.05) is 13.1 Å². The van der Waals surface area contributed by atoms with E-state index in [0.29, 0.717) is 30.1 Å². The molecule has 0 aromatic heterocycles. The number of hydrogen-bond acceptors (Lipinski definition) is 3. The van der Waals surface area contributed by atoms with Crippen LogP contribution in [-0.4, -0.2) is 19.0 Å². The van der Waals surface area contributed by atoms with Gasteiger partial charge >= 0.3 is 0 Å². The number of rotatable bonds is 2. The highest BCUT2D eigenvalue weighted by molar-refractivity contribution is 6.32. The lowest BCUT2D eigenvalue weighted by molar-refractivity contribution is -0.125. The average Bonchev–Trinajstić information content (AvgIpc) is 2.73. The zero-order valence-corrected chi connectivity index (χ0v) is 10.9. The Kier molecular flexibility index (Phi) is 3.18. The van der Waals surface area contributed by atoms with Crippen LogP contribution in [0.5, 0.6) is 0 Å². The van der Waals surface area contributed by atoms with Crippen molar-refractivity contribution in [3.8, 4) is 6.07 Å². The quantitative estimate of drug-likeness (QED) is 0.886. The van der Waals surface area contributed by atoms with Crippen molar-refractivity contribution in [3.05, 3.63) is 28.8 Å². The lowest BCUT2D eigenvalue weighted by Crippen LogP contribution is -2.37. The smallest absolute Gasteiger partial charge is 0.225 e. The third-order valence-corrected chi connectivity index (χ3v) is 3.83. The summed E-state index contributed by atoms with van der Waals surface area (Å²) in [4.78, 5) is 13.4. The lowest BCUT2D eigenvalue weighted by atomic mass is 9.89. The summed E-state index contributed by atoms with van der Waals surface area (Å²) in [5.74, 6) is -0.300. The lowest BCUT2D eigenvalue weighted by Gasteiger charge is -2.23. The van der Waals surface area contributed by atoms with E-state index in [4.69, 9.17) is 22.6 Å². The second-order valence-electron chi connectivity index (χ2n) is 4.84. The van der Waals surface area contributed by atoms with Crippen molar-refractivity contribution in [2.24, 2.45) is 11.1 Å². The molecule has 18 heavy (non-hydrogen) atoms. The first-order valence-corrected chi connectivity index (χ1v) is 6.09. The zero-order chi connectivity index (χ0) is 13.3. The average molecular weight is 264 g/mol. The highest BCUT2D eigenvalue weighted by Gasteiger charge is 2.39. The highest BCUT2D eigenvalue weighted by atomic mass is 35.5. The molecule has 5 heteroatoms. The Hall–Kier alpha value is -1.73. The van der Waals surface area contributed by atoms with Gasteiger partial charge in [0.2, 0.25) is 5.91 Å². The van der Waals surface area contributed by atoms with Crippen LogP contribution in [0.15, 0.2) is 18.2 Å². The van der Waals surface area contributed by atoms with E-state index in [2.05, 4.69) is 6.07 Å². The second kappa shape index (κ2) is 4.51. The standard InChI is InChI=1S/C13H14ClN3O/c1-13(12(16)18)5-6-17(8-13)11-4-2-3-10(14)9(11)7-15/h2-4H,5-6,8H2,1H3,(H2,16,18). The van der Waals surface area contributed by atoms with Crippen LogP contribution < -0.4 is 10.6 Å². The molecule has 1 saturated heterocycles. The molecule has 1 aromatic carbocycles. The van der Waals surface area contributed by atoms with Crippen LogP contribution in [0.4, 0.5) is 5.69 Å². The fourth-order valence-corrected chi connectivity index (χ4v) is 2.47. The van der Waals surface area contributed by atoms with E-state index < -0.39 is 5.41 Å². The molecule has 0 bridgehead atoms. The van der Waals surface area contributed by atoms with Crippen molar-refractivity contribution in [2.75, 3.05) is 18.0 Å². The van der Waals surface area contributed by atoms with Gasteiger partial charge in [0.1, 0.15) is 6.07 Å². The number of primary amides is 1. The Labute approximate surface area is 111 Å². The Morgan fingerprint density at radius 1 is 1.61 bits per heavy atom. The molecule has 2 N–H and O–H groups in total. The van der Waals surface area contributed by atoms with E-state index in [1.165, 1.54) is 0 Å². The molecule has 0 aliphatic carbocycles. The van der Waals surface area contributed by atoms with Crippen molar-refractivity contribution >= 4 is 23.2 Å². The first-order valence-electron chi connectivity index (χ1n) is 5.71. The number of nitrogens with two attached hydrogens (primary N) is 1. The second-order valence-corrected chi connectivity index (χ2v) is 5.25. The number of hydrogen-bond donors (Lipinski definition) is 1. The van der Waals surface area contributed by atoms with Gasteiger partial charge in [-0.2, -0.15) is 5.26 Å². The van der Waals surface area contributed by atoms with Crippen LogP contribution in [0.1, 0.15) is 18.9 Å². The largest absolute Gasteiger partial charge is 0.369 e. The van der Waals surface area contributed by atoms with Gasteiger partial charge < -0.3 is 10.6 Å².